The van der Waals surface area contributed by atoms with E-state index in [0.29, 0.717) is 11.1 Å². The van der Waals surface area contributed by atoms with Crippen molar-refractivity contribution in [3.63, 3.8) is 0 Å². The van der Waals surface area contributed by atoms with Gasteiger partial charge < -0.3 is 5.11 Å². The molecule has 2 rings (SSSR count). The van der Waals surface area contributed by atoms with Crippen LogP contribution in [0, 0.1) is 16.2 Å². The van der Waals surface area contributed by atoms with E-state index in [1.54, 1.807) is 24.3 Å². The smallest absolute Gasteiger partial charge is 0.303 e. The van der Waals surface area contributed by atoms with Gasteiger partial charge in [0.2, 0.25) is 0 Å². The van der Waals surface area contributed by atoms with Crippen LogP contribution in [0.4, 0.5) is 0 Å². The maximum atomic E-state index is 10.9. The fraction of sp³-hybridized carbons (Fsp3) is 0.176. The fourth-order valence-corrected chi connectivity index (χ4v) is 2.18. The number of carbonyl (C=O) groups is 1. The Kier molecular flexibility index (Phi) is 4.99. The SMILES string of the molecule is N#Cc1ccc(-c2ccc(C(CCC(=O)O)N=O)cc2)cc1. The first-order valence-electron chi connectivity index (χ1n) is 6.79. The van der Waals surface area contributed by atoms with Gasteiger partial charge in [0.05, 0.1) is 11.6 Å². The Morgan fingerprint density at radius 3 is 2.09 bits per heavy atom. The van der Waals surface area contributed by atoms with Gasteiger partial charge in [-0.1, -0.05) is 41.6 Å². The Labute approximate surface area is 127 Å². The van der Waals surface area contributed by atoms with E-state index in [1.807, 2.05) is 24.3 Å². The summed E-state index contributed by atoms with van der Waals surface area (Å²) < 4.78 is 0. The van der Waals surface area contributed by atoms with Crippen LogP contribution >= 0.6 is 0 Å². The topological polar surface area (TPSA) is 90.5 Å². The molecule has 22 heavy (non-hydrogen) atoms. The minimum atomic E-state index is -0.942. The third-order valence-electron chi connectivity index (χ3n) is 3.40. The lowest BCUT2D eigenvalue weighted by Gasteiger charge is -2.09. The molecule has 0 heterocycles. The summed E-state index contributed by atoms with van der Waals surface area (Å²) >= 11 is 0. The quantitative estimate of drug-likeness (QED) is 0.818. The summed E-state index contributed by atoms with van der Waals surface area (Å²) in [6.45, 7) is 0. The molecule has 0 saturated carbocycles. The first kappa shape index (κ1) is 15.4. The van der Waals surface area contributed by atoms with Gasteiger partial charge in [-0.05, 0) is 35.2 Å². The molecule has 0 saturated heterocycles. The molecule has 2 aromatic carbocycles. The Morgan fingerprint density at radius 2 is 1.64 bits per heavy atom. The largest absolute Gasteiger partial charge is 0.481 e. The van der Waals surface area contributed by atoms with Gasteiger partial charge in [-0.2, -0.15) is 10.2 Å². The highest BCUT2D eigenvalue weighted by molar-refractivity contribution is 5.67. The van der Waals surface area contributed by atoms with Crippen molar-refractivity contribution in [1.29, 1.82) is 5.26 Å². The standard InChI is InChI=1S/C17H14N2O3/c18-11-12-1-3-13(4-2-12)14-5-7-15(8-6-14)16(19-22)9-10-17(20)21/h1-8,16H,9-10H2,(H,20,21). The molecule has 0 aromatic heterocycles. The van der Waals surface area contributed by atoms with Crippen LogP contribution in [0.1, 0.15) is 30.0 Å². The van der Waals surface area contributed by atoms with E-state index in [4.69, 9.17) is 10.4 Å². The third-order valence-corrected chi connectivity index (χ3v) is 3.40. The maximum absolute atomic E-state index is 10.9. The summed E-state index contributed by atoms with van der Waals surface area (Å²) in [7, 11) is 0. The molecule has 0 aliphatic carbocycles. The van der Waals surface area contributed by atoms with E-state index >= 15 is 0 Å². The minimum Gasteiger partial charge on any atom is -0.481 e. The highest BCUT2D eigenvalue weighted by Crippen LogP contribution is 2.26. The zero-order valence-corrected chi connectivity index (χ0v) is 11.8. The summed E-state index contributed by atoms with van der Waals surface area (Å²) in [5.41, 5.74) is 3.22. The van der Waals surface area contributed by atoms with Crippen LogP contribution in [0.15, 0.2) is 53.7 Å². The average Bonchev–Trinajstić information content (AvgIpc) is 2.56. The number of carboxylic acids is 1. The molecule has 0 amide bonds. The molecular formula is C17H14N2O3. The number of rotatable bonds is 6. The van der Waals surface area contributed by atoms with Crippen LogP contribution in [0.25, 0.3) is 11.1 Å². The molecule has 0 radical (unpaired) electrons. The van der Waals surface area contributed by atoms with Crippen molar-refractivity contribution < 1.29 is 9.90 Å². The molecule has 0 spiro atoms. The number of nitrogens with zero attached hydrogens (tertiary/aromatic N) is 2. The molecule has 1 N–H and O–H groups in total. The Balaban J connectivity index is 2.16. The zero-order chi connectivity index (χ0) is 15.9. The number of carboxylic acid groups (broad SMARTS) is 1. The molecular weight excluding hydrogens is 280 g/mol. The normalized spacial score (nSPS) is 11.4. The number of nitriles is 1. The fourth-order valence-electron chi connectivity index (χ4n) is 2.18. The average molecular weight is 294 g/mol. The first-order chi connectivity index (χ1) is 10.6. The van der Waals surface area contributed by atoms with Gasteiger partial charge in [0.25, 0.3) is 0 Å². The highest BCUT2D eigenvalue weighted by atomic mass is 16.4. The van der Waals surface area contributed by atoms with E-state index in [9.17, 15) is 9.70 Å². The predicted octanol–water partition coefficient (Wildman–Crippen LogP) is 3.90. The molecule has 0 aliphatic rings. The van der Waals surface area contributed by atoms with Gasteiger partial charge >= 0.3 is 5.97 Å². The second-order valence-corrected chi connectivity index (χ2v) is 4.86. The monoisotopic (exact) mass is 294 g/mol. The molecule has 0 bridgehead atoms. The van der Waals surface area contributed by atoms with Crippen molar-refractivity contribution >= 4 is 5.97 Å². The van der Waals surface area contributed by atoms with Crippen molar-refractivity contribution in [2.75, 3.05) is 0 Å². The van der Waals surface area contributed by atoms with Crippen LogP contribution in [0.5, 0.6) is 0 Å². The summed E-state index contributed by atoms with van der Waals surface area (Å²) in [6, 6.07) is 15.9. The van der Waals surface area contributed by atoms with E-state index in [2.05, 4.69) is 11.2 Å². The maximum Gasteiger partial charge on any atom is 0.303 e. The van der Waals surface area contributed by atoms with E-state index in [-0.39, 0.29) is 12.8 Å². The van der Waals surface area contributed by atoms with Crippen LogP contribution in [-0.2, 0) is 4.79 Å². The highest BCUT2D eigenvalue weighted by Gasteiger charge is 2.13. The summed E-state index contributed by atoms with van der Waals surface area (Å²) in [6.07, 6.45) is 0.100. The van der Waals surface area contributed by atoms with E-state index in [1.165, 1.54) is 0 Å². The third kappa shape index (κ3) is 3.76. The van der Waals surface area contributed by atoms with Crippen molar-refractivity contribution in [3.05, 3.63) is 64.6 Å². The second-order valence-electron chi connectivity index (χ2n) is 4.86. The minimum absolute atomic E-state index is 0.0895. The van der Waals surface area contributed by atoms with Crippen LogP contribution in [0.3, 0.4) is 0 Å². The van der Waals surface area contributed by atoms with Crippen molar-refractivity contribution in [3.8, 4) is 17.2 Å². The Hall–Kier alpha value is -3.00. The zero-order valence-electron chi connectivity index (χ0n) is 11.8. The van der Waals surface area contributed by atoms with Crippen molar-refractivity contribution in [2.45, 2.75) is 18.9 Å². The first-order valence-corrected chi connectivity index (χ1v) is 6.79. The molecule has 5 nitrogen and oxygen atoms in total. The van der Waals surface area contributed by atoms with Crippen molar-refractivity contribution in [1.82, 2.24) is 0 Å². The molecule has 1 atom stereocenters. The number of nitroso groups, excluding NO2 is 1. The second kappa shape index (κ2) is 7.14. The molecule has 1 unspecified atom stereocenters. The van der Waals surface area contributed by atoms with Gasteiger partial charge in [-0.15, -0.1) is 0 Å². The lowest BCUT2D eigenvalue weighted by molar-refractivity contribution is -0.137. The lowest BCUT2D eigenvalue weighted by atomic mass is 9.98. The van der Waals surface area contributed by atoms with E-state index in [0.717, 1.165) is 11.1 Å². The predicted molar refractivity (Wildman–Crippen MR) is 82.0 cm³/mol. The molecule has 110 valence electrons. The lowest BCUT2D eigenvalue weighted by Crippen LogP contribution is -2.00. The molecule has 5 heteroatoms. The molecule has 2 aromatic rings. The number of benzene rings is 2. The van der Waals surface area contributed by atoms with Gasteiger partial charge in [0.1, 0.15) is 6.04 Å². The van der Waals surface area contributed by atoms with Gasteiger partial charge in [-0.3, -0.25) is 4.79 Å². The van der Waals surface area contributed by atoms with Crippen molar-refractivity contribution in [2.24, 2.45) is 5.18 Å². The van der Waals surface area contributed by atoms with Crippen LogP contribution in [0.2, 0.25) is 0 Å². The van der Waals surface area contributed by atoms with Crippen LogP contribution in [-0.4, -0.2) is 11.1 Å². The molecule has 0 fully saturated rings. The van der Waals surface area contributed by atoms with Crippen LogP contribution < -0.4 is 0 Å². The van der Waals surface area contributed by atoms with E-state index < -0.39 is 12.0 Å². The summed E-state index contributed by atoms with van der Waals surface area (Å²) in [4.78, 5) is 21.4. The number of hydrogen-bond donors (Lipinski definition) is 1. The van der Waals surface area contributed by atoms with Gasteiger partial charge in [-0.25, -0.2) is 0 Å². The number of aliphatic carboxylic acids is 1. The van der Waals surface area contributed by atoms with Gasteiger partial charge in [0.15, 0.2) is 0 Å². The Bertz CT molecular complexity index is 700. The number of hydrogen-bond acceptors (Lipinski definition) is 4. The Morgan fingerprint density at radius 1 is 1.09 bits per heavy atom. The molecule has 0 aliphatic heterocycles. The summed E-state index contributed by atoms with van der Waals surface area (Å²) in [5, 5.41) is 20.5. The summed E-state index contributed by atoms with van der Waals surface area (Å²) in [5.74, 6) is -0.942. The van der Waals surface area contributed by atoms with Gasteiger partial charge in [0, 0.05) is 6.42 Å².